The van der Waals surface area contributed by atoms with Gasteiger partial charge >= 0.3 is 0 Å². The minimum absolute atomic E-state index is 0.0214. The first-order chi connectivity index (χ1) is 11.8. The molecule has 5 heteroatoms. The highest BCUT2D eigenvalue weighted by molar-refractivity contribution is 5.95. The first-order valence-electron chi connectivity index (χ1n) is 9.09. The van der Waals surface area contributed by atoms with E-state index < -0.39 is 0 Å². The van der Waals surface area contributed by atoms with Crippen LogP contribution in [0, 0.1) is 12.3 Å². The van der Waals surface area contributed by atoms with Gasteiger partial charge in [0.05, 0.1) is 13.2 Å². The van der Waals surface area contributed by atoms with Crippen molar-refractivity contribution >= 4 is 5.91 Å². The molecule has 0 aromatic heterocycles. The van der Waals surface area contributed by atoms with Crippen molar-refractivity contribution in [3.8, 4) is 0 Å². The SMILES string of the molecule is Cc1ccc(CN2CCOCC2)cc1C(=O)NCC(C)(C)CN(C)C. The van der Waals surface area contributed by atoms with Gasteiger partial charge in [0.2, 0.25) is 0 Å². The molecule has 1 aliphatic heterocycles. The molecule has 25 heavy (non-hydrogen) atoms. The van der Waals surface area contributed by atoms with Gasteiger partial charge in [-0.3, -0.25) is 9.69 Å². The summed E-state index contributed by atoms with van der Waals surface area (Å²) in [7, 11) is 4.12. The lowest BCUT2D eigenvalue weighted by Crippen LogP contribution is -2.40. The number of ether oxygens (including phenoxy) is 1. The van der Waals surface area contributed by atoms with Crippen LogP contribution in [0.1, 0.15) is 35.3 Å². The number of nitrogens with zero attached hydrogens (tertiary/aromatic N) is 2. The average Bonchev–Trinajstić information content (AvgIpc) is 2.54. The van der Waals surface area contributed by atoms with E-state index in [1.807, 2.05) is 13.0 Å². The van der Waals surface area contributed by atoms with E-state index in [1.54, 1.807) is 0 Å². The number of carbonyl (C=O) groups excluding carboxylic acids is 1. The van der Waals surface area contributed by atoms with E-state index in [0.29, 0.717) is 6.54 Å². The Morgan fingerprint density at radius 3 is 2.60 bits per heavy atom. The van der Waals surface area contributed by atoms with E-state index >= 15 is 0 Å². The summed E-state index contributed by atoms with van der Waals surface area (Å²) in [6, 6.07) is 6.21. The van der Waals surface area contributed by atoms with Gasteiger partial charge in [0.1, 0.15) is 0 Å². The number of aryl methyl sites for hydroxylation is 1. The van der Waals surface area contributed by atoms with E-state index in [0.717, 1.165) is 50.5 Å². The highest BCUT2D eigenvalue weighted by Crippen LogP contribution is 2.17. The molecule has 5 nitrogen and oxygen atoms in total. The molecule has 1 amide bonds. The van der Waals surface area contributed by atoms with Crippen molar-refractivity contribution < 1.29 is 9.53 Å². The van der Waals surface area contributed by atoms with Crippen LogP contribution in [0.3, 0.4) is 0 Å². The molecule has 0 saturated carbocycles. The summed E-state index contributed by atoms with van der Waals surface area (Å²) < 4.78 is 5.40. The van der Waals surface area contributed by atoms with Crippen LogP contribution in [0.4, 0.5) is 0 Å². The van der Waals surface area contributed by atoms with Crippen molar-refractivity contribution in [3.63, 3.8) is 0 Å². The number of rotatable bonds is 7. The van der Waals surface area contributed by atoms with Crippen molar-refractivity contribution in [2.24, 2.45) is 5.41 Å². The summed E-state index contributed by atoms with van der Waals surface area (Å²) >= 11 is 0. The fraction of sp³-hybridized carbons (Fsp3) is 0.650. The minimum atomic E-state index is 0.0214. The molecular formula is C20H33N3O2. The molecule has 0 radical (unpaired) electrons. The van der Waals surface area contributed by atoms with Crippen LogP contribution in [-0.2, 0) is 11.3 Å². The first kappa shape index (κ1) is 19.9. The third-order valence-corrected chi connectivity index (χ3v) is 4.53. The van der Waals surface area contributed by atoms with Crippen molar-refractivity contribution in [1.82, 2.24) is 15.1 Å². The van der Waals surface area contributed by atoms with Gasteiger partial charge in [-0.05, 0) is 43.6 Å². The number of amides is 1. The molecule has 1 N–H and O–H groups in total. The van der Waals surface area contributed by atoms with Gasteiger partial charge in [-0.1, -0.05) is 26.0 Å². The Balaban J connectivity index is 1.99. The van der Waals surface area contributed by atoms with E-state index in [2.05, 4.69) is 55.2 Å². The molecule has 0 unspecified atom stereocenters. The Morgan fingerprint density at radius 2 is 1.96 bits per heavy atom. The molecule has 140 valence electrons. The summed E-state index contributed by atoms with van der Waals surface area (Å²) in [5, 5.41) is 3.12. The average molecular weight is 348 g/mol. The Bertz CT molecular complexity index is 578. The van der Waals surface area contributed by atoms with Gasteiger partial charge in [-0.25, -0.2) is 0 Å². The Morgan fingerprint density at radius 1 is 1.28 bits per heavy atom. The molecule has 0 bridgehead atoms. The number of carbonyl (C=O) groups is 1. The van der Waals surface area contributed by atoms with Crippen LogP contribution in [0.25, 0.3) is 0 Å². The number of benzene rings is 1. The number of hydrogen-bond acceptors (Lipinski definition) is 4. The lowest BCUT2D eigenvalue weighted by atomic mass is 9.92. The molecule has 1 aliphatic rings. The Kier molecular flexibility index (Phi) is 6.99. The highest BCUT2D eigenvalue weighted by atomic mass is 16.5. The monoisotopic (exact) mass is 347 g/mol. The van der Waals surface area contributed by atoms with Gasteiger partial charge in [0.25, 0.3) is 5.91 Å². The Hall–Kier alpha value is -1.43. The third-order valence-electron chi connectivity index (χ3n) is 4.53. The molecule has 0 spiro atoms. The van der Waals surface area contributed by atoms with Gasteiger partial charge in [-0.15, -0.1) is 0 Å². The first-order valence-corrected chi connectivity index (χ1v) is 9.09. The van der Waals surface area contributed by atoms with E-state index in [9.17, 15) is 4.79 Å². The molecule has 2 rings (SSSR count). The number of hydrogen-bond donors (Lipinski definition) is 1. The van der Waals surface area contributed by atoms with Crippen LogP contribution >= 0.6 is 0 Å². The van der Waals surface area contributed by atoms with Crippen LogP contribution in [-0.4, -0.2) is 69.2 Å². The van der Waals surface area contributed by atoms with E-state index in [4.69, 9.17) is 4.74 Å². The summed E-state index contributed by atoms with van der Waals surface area (Å²) in [6.45, 7) is 12.3. The van der Waals surface area contributed by atoms with Crippen LogP contribution in [0.5, 0.6) is 0 Å². The zero-order valence-corrected chi connectivity index (χ0v) is 16.4. The molecule has 0 aliphatic carbocycles. The van der Waals surface area contributed by atoms with E-state index in [1.165, 1.54) is 5.56 Å². The summed E-state index contributed by atoms with van der Waals surface area (Å²) in [5.41, 5.74) is 3.03. The third kappa shape index (κ3) is 6.42. The summed E-state index contributed by atoms with van der Waals surface area (Å²) in [4.78, 5) is 17.2. The normalized spacial score (nSPS) is 16.2. The minimum Gasteiger partial charge on any atom is -0.379 e. The maximum absolute atomic E-state index is 12.7. The fourth-order valence-corrected chi connectivity index (χ4v) is 3.36. The van der Waals surface area contributed by atoms with Gasteiger partial charge in [-0.2, -0.15) is 0 Å². The predicted octanol–water partition coefficient (Wildman–Crippen LogP) is 2.14. The zero-order valence-electron chi connectivity index (χ0n) is 16.4. The molecule has 0 atom stereocenters. The van der Waals surface area contributed by atoms with Crippen molar-refractivity contribution in [1.29, 1.82) is 0 Å². The van der Waals surface area contributed by atoms with Gasteiger partial charge < -0.3 is 15.0 Å². The summed E-state index contributed by atoms with van der Waals surface area (Å²) in [5.74, 6) is 0.0214. The largest absolute Gasteiger partial charge is 0.379 e. The molecule has 1 aromatic carbocycles. The smallest absolute Gasteiger partial charge is 0.251 e. The van der Waals surface area contributed by atoms with Crippen molar-refractivity contribution in [2.45, 2.75) is 27.3 Å². The van der Waals surface area contributed by atoms with Gasteiger partial charge in [0, 0.05) is 38.3 Å². The Labute approximate surface area is 152 Å². The molecule has 1 saturated heterocycles. The second kappa shape index (κ2) is 8.79. The molecule has 1 heterocycles. The molecule has 1 aromatic rings. The van der Waals surface area contributed by atoms with Crippen molar-refractivity contribution in [2.75, 3.05) is 53.5 Å². The number of morpholine rings is 1. The number of nitrogens with one attached hydrogen (secondary N) is 1. The molecule has 1 fully saturated rings. The standard InChI is InChI=1S/C20H33N3O2/c1-16-6-7-17(13-23-8-10-25-11-9-23)12-18(16)19(24)21-14-20(2,3)15-22(4)5/h6-7,12H,8-11,13-15H2,1-5H3,(H,21,24). The topological polar surface area (TPSA) is 44.8 Å². The maximum atomic E-state index is 12.7. The quantitative estimate of drug-likeness (QED) is 0.821. The lowest BCUT2D eigenvalue weighted by Gasteiger charge is -2.28. The second-order valence-electron chi connectivity index (χ2n) is 8.12. The fourth-order valence-electron chi connectivity index (χ4n) is 3.36. The zero-order chi connectivity index (χ0) is 18.4. The van der Waals surface area contributed by atoms with Crippen LogP contribution in [0.15, 0.2) is 18.2 Å². The molecular weight excluding hydrogens is 314 g/mol. The van der Waals surface area contributed by atoms with Crippen molar-refractivity contribution in [3.05, 3.63) is 34.9 Å². The van der Waals surface area contributed by atoms with Crippen LogP contribution in [0.2, 0.25) is 0 Å². The lowest BCUT2D eigenvalue weighted by molar-refractivity contribution is 0.0342. The highest BCUT2D eigenvalue weighted by Gasteiger charge is 2.21. The van der Waals surface area contributed by atoms with Crippen LogP contribution < -0.4 is 5.32 Å². The second-order valence-corrected chi connectivity index (χ2v) is 8.12. The van der Waals surface area contributed by atoms with Gasteiger partial charge in [0.15, 0.2) is 0 Å². The predicted molar refractivity (Wildman–Crippen MR) is 102 cm³/mol. The summed E-state index contributed by atoms with van der Waals surface area (Å²) in [6.07, 6.45) is 0. The maximum Gasteiger partial charge on any atom is 0.251 e. The van der Waals surface area contributed by atoms with E-state index in [-0.39, 0.29) is 11.3 Å².